The van der Waals surface area contributed by atoms with Gasteiger partial charge in [-0.05, 0) is 33.8 Å². The van der Waals surface area contributed by atoms with E-state index >= 15 is 0 Å². The molecule has 23 heavy (non-hydrogen) atoms. The van der Waals surface area contributed by atoms with Gasteiger partial charge in [-0.3, -0.25) is 4.79 Å². The van der Waals surface area contributed by atoms with Crippen LogP contribution in [0.15, 0.2) is 11.1 Å². The molecule has 0 aliphatic rings. The van der Waals surface area contributed by atoms with Crippen LogP contribution in [0.3, 0.4) is 0 Å². The number of nitrogens with zero attached hydrogens (tertiary/aromatic N) is 3. The zero-order chi connectivity index (χ0) is 17.8. The Kier molecular flexibility index (Phi) is 6.45. The van der Waals surface area contributed by atoms with Crippen LogP contribution in [0.25, 0.3) is 0 Å². The number of carbonyl (C=O) groups is 1. The highest BCUT2D eigenvalue weighted by Gasteiger charge is 2.36. The SMILES string of the molecule is CCN(CC)C(=O)C(C)Sc1nc(C)cc(C(F)(F)F)c1C#N. The van der Waals surface area contributed by atoms with E-state index in [0.29, 0.717) is 13.1 Å². The number of thioether (sulfide) groups is 1. The number of hydrogen-bond acceptors (Lipinski definition) is 4. The van der Waals surface area contributed by atoms with Crippen LogP contribution < -0.4 is 0 Å². The number of alkyl halides is 3. The van der Waals surface area contributed by atoms with E-state index in [1.165, 1.54) is 6.92 Å². The fourth-order valence-corrected chi connectivity index (χ4v) is 3.13. The van der Waals surface area contributed by atoms with Crippen molar-refractivity contribution in [2.45, 2.75) is 44.1 Å². The summed E-state index contributed by atoms with van der Waals surface area (Å²) in [5.41, 5.74) is -1.40. The van der Waals surface area contributed by atoms with E-state index in [-0.39, 0.29) is 16.6 Å². The van der Waals surface area contributed by atoms with Crippen LogP contribution in [-0.2, 0) is 11.0 Å². The maximum atomic E-state index is 13.1. The molecule has 1 atom stereocenters. The summed E-state index contributed by atoms with van der Waals surface area (Å²) in [5, 5.41) is 8.42. The van der Waals surface area contributed by atoms with Gasteiger partial charge in [-0.2, -0.15) is 18.4 Å². The van der Waals surface area contributed by atoms with E-state index in [1.807, 2.05) is 13.8 Å². The molecule has 4 nitrogen and oxygen atoms in total. The summed E-state index contributed by atoms with van der Waals surface area (Å²) in [6.07, 6.45) is -4.64. The molecule has 0 bridgehead atoms. The van der Waals surface area contributed by atoms with Crippen molar-refractivity contribution < 1.29 is 18.0 Å². The van der Waals surface area contributed by atoms with E-state index in [9.17, 15) is 18.0 Å². The second-order valence-corrected chi connectivity index (χ2v) is 6.20. The minimum atomic E-state index is -4.64. The molecule has 0 aliphatic heterocycles. The van der Waals surface area contributed by atoms with Crippen LogP contribution in [0.2, 0.25) is 0 Å². The molecule has 1 aromatic rings. The van der Waals surface area contributed by atoms with E-state index in [4.69, 9.17) is 5.26 Å². The Morgan fingerprint density at radius 1 is 1.43 bits per heavy atom. The van der Waals surface area contributed by atoms with Crippen molar-refractivity contribution in [3.05, 3.63) is 22.9 Å². The van der Waals surface area contributed by atoms with Gasteiger partial charge in [-0.25, -0.2) is 4.98 Å². The zero-order valence-corrected chi connectivity index (χ0v) is 14.2. The molecule has 0 aromatic carbocycles. The highest BCUT2D eigenvalue weighted by atomic mass is 32.2. The van der Waals surface area contributed by atoms with Gasteiger partial charge >= 0.3 is 6.18 Å². The molecule has 0 N–H and O–H groups in total. The van der Waals surface area contributed by atoms with Crippen molar-refractivity contribution in [1.82, 2.24) is 9.88 Å². The molecular formula is C15H18F3N3OS. The number of amides is 1. The fourth-order valence-electron chi connectivity index (χ4n) is 2.07. The van der Waals surface area contributed by atoms with Crippen LogP contribution in [-0.4, -0.2) is 34.1 Å². The minimum Gasteiger partial charge on any atom is -0.342 e. The lowest BCUT2D eigenvalue weighted by atomic mass is 10.1. The van der Waals surface area contributed by atoms with Gasteiger partial charge in [0.1, 0.15) is 11.1 Å². The molecule has 0 radical (unpaired) electrons. The molecule has 1 rings (SSSR count). The summed E-state index contributed by atoms with van der Waals surface area (Å²) in [4.78, 5) is 17.9. The minimum absolute atomic E-state index is 0.0622. The van der Waals surface area contributed by atoms with Gasteiger partial charge in [-0.1, -0.05) is 11.8 Å². The molecular weight excluding hydrogens is 327 g/mol. The summed E-state index contributed by atoms with van der Waals surface area (Å²) >= 11 is 0.882. The molecule has 1 amide bonds. The molecule has 8 heteroatoms. The third kappa shape index (κ3) is 4.61. The summed E-state index contributed by atoms with van der Waals surface area (Å²) in [6, 6.07) is 2.42. The summed E-state index contributed by atoms with van der Waals surface area (Å²) in [6.45, 7) is 7.71. The van der Waals surface area contributed by atoms with Crippen LogP contribution in [0.4, 0.5) is 13.2 Å². The summed E-state index contributed by atoms with van der Waals surface area (Å²) in [5.74, 6) is -0.194. The maximum absolute atomic E-state index is 13.1. The molecule has 0 fully saturated rings. The Bertz CT molecular complexity index is 622. The summed E-state index contributed by atoms with van der Waals surface area (Å²) in [7, 11) is 0. The summed E-state index contributed by atoms with van der Waals surface area (Å²) < 4.78 is 39.2. The number of hydrogen-bond donors (Lipinski definition) is 0. The zero-order valence-electron chi connectivity index (χ0n) is 13.4. The highest BCUT2D eigenvalue weighted by Crippen LogP contribution is 2.37. The fraction of sp³-hybridized carbons (Fsp3) is 0.533. The molecule has 0 saturated carbocycles. The number of aryl methyl sites for hydroxylation is 1. The van der Waals surface area contributed by atoms with Crippen LogP contribution in [0.1, 0.15) is 37.6 Å². The first kappa shape index (κ1) is 19.3. The van der Waals surface area contributed by atoms with E-state index < -0.39 is 22.6 Å². The first-order chi connectivity index (χ1) is 10.6. The number of pyridine rings is 1. The predicted octanol–water partition coefficient (Wildman–Crippen LogP) is 3.63. The van der Waals surface area contributed by atoms with Crippen LogP contribution >= 0.6 is 11.8 Å². The lowest BCUT2D eigenvalue weighted by molar-refractivity contribution is -0.138. The number of rotatable bonds is 5. The van der Waals surface area contributed by atoms with Gasteiger partial charge in [0.15, 0.2) is 0 Å². The van der Waals surface area contributed by atoms with Gasteiger partial charge in [0.05, 0.1) is 16.4 Å². The van der Waals surface area contributed by atoms with Crippen molar-refractivity contribution in [2.75, 3.05) is 13.1 Å². The smallest absolute Gasteiger partial charge is 0.342 e. The Hall–Kier alpha value is -1.75. The molecule has 0 aliphatic carbocycles. The third-order valence-electron chi connectivity index (χ3n) is 3.24. The van der Waals surface area contributed by atoms with Crippen molar-refractivity contribution in [1.29, 1.82) is 5.26 Å². The van der Waals surface area contributed by atoms with Crippen molar-refractivity contribution in [3.8, 4) is 6.07 Å². The van der Waals surface area contributed by atoms with Gasteiger partial charge in [0.2, 0.25) is 5.91 Å². The quantitative estimate of drug-likeness (QED) is 0.765. The van der Waals surface area contributed by atoms with Gasteiger partial charge in [0.25, 0.3) is 0 Å². The van der Waals surface area contributed by atoms with Crippen molar-refractivity contribution >= 4 is 17.7 Å². The Morgan fingerprint density at radius 3 is 2.43 bits per heavy atom. The maximum Gasteiger partial charge on any atom is 0.417 e. The first-order valence-corrected chi connectivity index (χ1v) is 7.98. The largest absolute Gasteiger partial charge is 0.417 e. The van der Waals surface area contributed by atoms with Gasteiger partial charge < -0.3 is 4.90 Å². The van der Waals surface area contributed by atoms with Crippen molar-refractivity contribution in [3.63, 3.8) is 0 Å². The first-order valence-electron chi connectivity index (χ1n) is 7.10. The van der Waals surface area contributed by atoms with E-state index in [1.54, 1.807) is 17.9 Å². The normalized spacial score (nSPS) is 12.6. The predicted molar refractivity (Wildman–Crippen MR) is 81.9 cm³/mol. The van der Waals surface area contributed by atoms with E-state index in [0.717, 1.165) is 17.8 Å². The lowest BCUT2D eigenvalue weighted by Gasteiger charge is -2.23. The number of halogens is 3. The van der Waals surface area contributed by atoms with E-state index in [2.05, 4.69) is 4.98 Å². The average Bonchev–Trinajstić information content (AvgIpc) is 2.46. The third-order valence-corrected chi connectivity index (χ3v) is 4.32. The Balaban J connectivity index is 3.22. The number of aromatic nitrogens is 1. The molecule has 1 aromatic heterocycles. The second-order valence-electron chi connectivity index (χ2n) is 4.87. The molecule has 1 heterocycles. The monoisotopic (exact) mass is 345 g/mol. The topological polar surface area (TPSA) is 57.0 Å². The second kappa shape index (κ2) is 7.68. The van der Waals surface area contributed by atoms with Crippen LogP contribution in [0.5, 0.6) is 0 Å². The standard InChI is InChI=1S/C15H18F3N3OS/c1-5-21(6-2)14(22)10(4)23-13-11(8-19)12(15(16,17)18)7-9(3)20-13/h7,10H,5-6H2,1-4H3. The molecule has 126 valence electrons. The molecule has 0 spiro atoms. The number of nitriles is 1. The van der Waals surface area contributed by atoms with Gasteiger partial charge in [-0.15, -0.1) is 0 Å². The Labute approximate surface area is 137 Å². The van der Waals surface area contributed by atoms with Crippen molar-refractivity contribution in [2.24, 2.45) is 0 Å². The number of carbonyl (C=O) groups excluding carboxylic acids is 1. The molecule has 0 saturated heterocycles. The Morgan fingerprint density at radius 2 is 2.00 bits per heavy atom. The highest BCUT2D eigenvalue weighted by molar-refractivity contribution is 8.00. The lowest BCUT2D eigenvalue weighted by Crippen LogP contribution is -2.36. The van der Waals surface area contributed by atoms with Gasteiger partial charge in [0, 0.05) is 18.8 Å². The molecule has 1 unspecified atom stereocenters. The average molecular weight is 345 g/mol. The van der Waals surface area contributed by atoms with Crippen LogP contribution in [0, 0.1) is 18.3 Å².